The highest BCUT2D eigenvalue weighted by Gasteiger charge is 2.22. The highest BCUT2D eigenvalue weighted by atomic mass is 32.1. The van der Waals surface area contributed by atoms with Gasteiger partial charge in [-0.2, -0.15) is 0 Å². The number of nitrogens with zero attached hydrogens (tertiary/aromatic N) is 1. The summed E-state index contributed by atoms with van der Waals surface area (Å²) in [6, 6.07) is 21.1. The van der Waals surface area contributed by atoms with Gasteiger partial charge in [-0.05, 0) is 54.1 Å². The zero-order valence-electron chi connectivity index (χ0n) is 18.1. The molecule has 5 nitrogen and oxygen atoms in total. The van der Waals surface area contributed by atoms with Crippen LogP contribution in [0.4, 0.5) is 0 Å². The summed E-state index contributed by atoms with van der Waals surface area (Å²) in [5.74, 6) is -0.401. The fourth-order valence-electron chi connectivity index (χ4n) is 3.97. The van der Waals surface area contributed by atoms with Crippen molar-refractivity contribution in [2.75, 3.05) is 13.1 Å². The molecular formula is C26H29N3O2S. The average molecular weight is 448 g/mol. The molecule has 0 bridgehead atoms. The zero-order chi connectivity index (χ0) is 22.2. The van der Waals surface area contributed by atoms with E-state index >= 15 is 0 Å². The summed E-state index contributed by atoms with van der Waals surface area (Å²) in [7, 11) is 0. The van der Waals surface area contributed by atoms with Gasteiger partial charge >= 0.3 is 0 Å². The predicted molar refractivity (Wildman–Crippen MR) is 129 cm³/mol. The van der Waals surface area contributed by atoms with Gasteiger partial charge in [-0.3, -0.25) is 14.5 Å². The maximum Gasteiger partial charge on any atom is 0.262 e. The van der Waals surface area contributed by atoms with Crippen LogP contribution in [0, 0.1) is 0 Å². The summed E-state index contributed by atoms with van der Waals surface area (Å²) in [6.45, 7) is 3.78. The molecule has 6 heteroatoms. The lowest BCUT2D eigenvalue weighted by atomic mass is 10.0. The monoisotopic (exact) mass is 447 g/mol. The highest BCUT2D eigenvalue weighted by molar-refractivity contribution is 7.12. The van der Waals surface area contributed by atoms with Crippen LogP contribution in [0.1, 0.15) is 39.2 Å². The van der Waals surface area contributed by atoms with E-state index in [1.165, 1.54) is 42.8 Å². The van der Waals surface area contributed by atoms with Crippen molar-refractivity contribution in [1.29, 1.82) is 0 Å². The Labute approximate surface area is 193 Å². The van der Waals surface area contributed by atoms with Crippen LogP contribution in [-0.2, 0) is 24.3 Å². The SMILES string of the molecule is O=C(N[C@@H](Cc1ccccc1)C(=O)NCc1ccc(CN2CCCC2)cc1)c1cccs1. The first kappa shape index (κ1) is 22.2. The molecular weight excluding hydrogens is 418 g/mol. The number of hydrogen-bond donors (Lipinski definition) is 2. The third-order valence-corrected chi connectivity index (χ3v) is 6.61. The van der Waals surface area contributed by atoms with Crippen LogP contribution in [0.2, 0.25) is 0 Å². The van der Waals surface area contributed by atoms with E-state index in [1.807, 2.05) is 41.8 Å². The molecule has 2 heterocycles. The molecule has 0 spiro atoms. The number of hydrogen-bond acceptors (Lipinski definition) is 4. The molecule has 3 aromatic rings. The molecule has 1 saturated heterocycles. The van der Waals surface area contributed by atoms with Crippen molar-refractivity contribution in [1.82, 2.24) is 15.5 Å². The van der Waals surface area contributed by atoms with Crippen molar-refractivity contribution in [3.8, 4) is 0 Å². The van der Waals surface area contributed by atoms with Crippen LogP contribution < -0.4 is 10.6 Å². The van der Waals surface area contributed by atoms with Gasteiger partial charge < -0.3 is 10.6 Å². The number of thiophene rings is 1. The third kappa shape index (κ3) is 6.28. The standard InChI is InChI=1S/C26H29N3O2S/c30-25(27-18-21-10-12-22(13-11-21)19-29-14-4-5-15-29)23(17-20-7-2-1-3-8-20)28-26(31)24-9-6-16-32-24/h1-3,6-13,16,23H,4-5,14-15,17-19H2,(H,27,30)(H,28,31)/t23-/m0/s1. The van der Waals surface area contributed by atoms with Gasteiger partial charge in [0, 0.05) is 19.5 Å². The molecule has 0 saturated carbocycles. The van der Waals surface area contributed by atoms with Crippen LogP contribution in [0.3, 0.4) is 0 Å². The molecule has 2 amide bonds. The summed E-state index contributed by atoms with van der Waals surface area (Å²) in [6.07, 6.45) is 3.02. The summed E-state index contributed by atoms with van der Waals surface area (Å²) < 4.78 is 0. The molecule has 4 rings (SSSR count). The van der Waals surface area contributed by atoms with Gasteiger partial charge in [0.15, 0.2) is 0 Å². The number of amides is 2. The molecule has 0 unspecified atom stereocenters. The topological polar surface area (TPSA) is 61.4 Å². The summed E-state index contributed by atoms with van der Waals surface area (Å²) in [5.41, 5.74) is 3.35. The van der Waals surface area contributed by atoms with Gasteiger partial charge in [-0.25, -0.2) is 0 Å². The van der Waals surface area contributed by atoms with E-state index < -0.39 is 6.04 Å². The molecule has 0 radical (unpaired) electrons. The van der Waals surface area contributed by atoms with Crippen molar-refractivity contribution >= 4 is 23.2 Å². The van der Waals surface area contributed by atoms with E-state index in [4.69, 9.17) is 0 Å². The van der Waals surface area contributed by atoms with Crippen LogP contribution in [-0.4, -0.2) is 35.8 Å². The van der Waals surface area contributed by atoms with E-state index in [9.17, 15) is 9.59 Å². The second kappa shape index (κ2) is 11.1. The first-order valence-electron chi connectivity index (χ1n) is 11.1. The Kier molecular flexibility index (Phi) is 7.69. The number of carbonyl (C=O) groups is 2. The van der Waals surface area contributed by atoms with Gasteiger partial charge in [-0.15, -0.1) is 11.3 Å². The minimum absolute atomic E-state index is 0.181. The predicted octanol–water partition coefficient (Wildman–Crippen LogP) is 4.00. The molecule has 1 aromatic heterocycles. The number of carbonyl (C=O) groups excluding carboxylic acids is 2. The Hall–Kier alpha value is -2.96. The Morgan fingerprint density at radius 3 is 2.28 bits per heavy atom. The minimum atomic E-state index is -0.638. The minimum Gasteiger partial charge on any atom is -0.350 e. The van der Waals surface area contributed by atoms with Crippen molar-refractivity contribution in [2.24, 2.45) is 0 Å². The molecule has 2 N–H and O–H groups in total. The van der Waals surface area contributed by atoms with Crippen LogP contribution >= 0.6 is 11.3 Å². The van der Waals surface area contributed by atoms with Crippen molar-refractivity contribution < 1.29 is 9.59 Å². The fourth-order valence-corrected chi connectivity index (χ4v) is 4.60. The van der Waals surface area contributed by atoms with Gasteiger partial charge in [0.25, 0.3) is 5.91 Å². The number of rotatable bonds is 9. The van der Waals surface area contributed by atoms with Gasteiger partial charge in [0.05, 0.1) is 4.88 Å². The Balaban J connectivity index is 1.36. The lowest BCUT2D eigenvalue weighted by Gasteiger charge is -2.19. The molecule has 0 aliphatic carbocycles. The van der Waals surface area contributed by atoms with E-state index in [-0.39, 0.29) is 11.8 Å². The van der Waals surface area contributed by atoms with Crippen LogP contribution in [0.15, 0.2) is 72.1 Å². The first-order valence-corrected chi connectivity index (χ1v) is 12.0. The fraction of sp³-hybridized carbons (Fsp3) is 0.308. The van der Waals surface area contributed by atoms with Gasteiger partial charge in [0.2, 0.25) is 5.91 Å². The number of likely N-dealkylation sites (tertiary alicyclic amines) is 1. The van der Waals surface area contributed by atoms with Crippen LogP contribution in [0.25, 0.3) is 0 Å². The normalized spacial score (nSPS) is 14.8. The molecule has 1 fully saturated rings. The van der Waals surface area contributed by atoms with Crippen molar-refractivity contribution in [3.05, 3.63) is 93.7 Å². The van der Waals surface area contributed by atoms with Crippen molar-refractivity contribution in [2.45, 2.75) is 38.4 Å². The van der Waals surface area contributed by atoms with E-state index in [0.717, 1.165) is 17.7 Å². The quantitative estimate of drug-likeness (QED) is 0.521. The lowest BCUT2D eigenvalue weighted by Crippen LogP contribution is -2.47. The maximum atomic E-state index is 13.0. The van der Waals surface area contributed by atoms with Crippen molar-refractivity contribution in [3.63, 3.8) is 0 Å². The lowest BCUT2D eigenvalue weighted by molar-refractivity contribution is -0.123. The highest BCUT2D eigenvalue weighted by Crippen LogP contribution is 2.14. The molecule has 166 valence electrons. The van der Waals surface area contributed by atoms with Gasteiger partial charge in [0.1, 0.15) is 6.04 Å². The molecule has 1 atom stereocenters. The Bertz CT molecular complexity index is 997. The zero-order valence-corrected chi connectivity index (χ0v) is 18.9. The summed E-state index contributed by atoms with van der Waals surface area (Å²) in [4.78, 5) is 28.6. The number of nitrogens with one attached hydrogen (secondary N) is 2. The second-order valence-corrected chi connectivity index (χ2v) is 9.16. The van der Waals surface area contributed by atoms with Gasteiger partial charge in [-0.1, -0.05) is 60.7 Å². The molecule has 1 aliphatic heterocycles. The summed E-state index contributed by atoms with van der Waals surface area (Å²) in [5, 5.41) is 7.76. The molecule has 1 aliphatic rings. The Morgan fingerprint density at radius 1 is 0.875 bits per heavy atom. The second-order valence-electron chi connectivity index (χ2n) is 8.21. The smallest absolute Gasteiger partial charge is 0.262 e. The first-order chi connectivity index (χ1) is 15.7. The number of benzene rings is 2. The van der Waals surface area contributed by atoms with Crippen LogP contribution in [0.5, 0.6) is 0 Å². The largest absolute Gasteiger partial charge is 0.350 e. The van der Waals surface area contributed by atoms with E-state index in [0.29, 0.717) is 17.8 Å². The van der Waals surface area contributed by atoms with E-state index in [2.05, 4.69) is 39.8 Å². The molecule has 32 heavy (non-hydrogen) atoms. The van der Waals surface area contributed by atoms with E-state index in [1.54, 1.807) is 6.07 Å². The molecule has 2 aromatic carbocycles. The average Bonchev–Trinajstić information content (AvgIpc) is 3.53. The summed E-state index contributed by atoms with van der Waals surface area (Å²) >= 11 is 1.37. The third-order valence-electron chi connectivity index (χ3n) is 5.74. The maximum absolute atomic E-state index is 13.0. The Morgan fingerprint density at radius 2 is 1.59 bits per heavy atom.